The summed E-state index contributed by atoms with van der Waals surface area (Å²) in [5.41, 5.74) is 16.8. The van der Waals surface area contributed by atoms with Gasteiger partial charge in [-0.05, 0) is 44.1 Å². The highest BCUT2D eigenvalue weighted by molar-refractivity contribution is 5.97. The maximum absolute atomic E-state index is 13.3. The number of carbonyl (C=O) groups excluding carboxylic acids is 6. The summed E-state index contributed by atoms with van der Waals surface area (Å²) in [6, 6.07) is -8.28. The Bertz CT molecular complexity index is 1040. The number of aliphatic carboxylic acids is 1. The molecule has 0 spiro atoms. The van der Waals surface area contributed by atoms with Crippen molar-refractivity contribution in [2.75, 3.05) is 19.8 Å². The van der Waals surface area contributed by atoms with Crippen LogP contribution >= 0.6 is 0 Å². The molecule has 0 aromatic rings. The first-order valence-electron chi connectivity index (χ1n) is 15.2. The fraction of sp³-hybridized carbons (Fsp3) is 0.750. The quantitative estimate of drug-likeness (QED) is 0.0466. The minimum absolute atomic E-state index is 0.0310. The first-order valence-corrected chi connectivity index (χ1v) is 15.2. The number of primary amides is 1. The Labute approximate surface area is 268 Å². The van der Waals surface area contributed by atoms with E-state index in [4.69, 9.17) is 27.4 Å². The summed E-state index contributed by atoms with van der Waals surface area (Å²) in [6.45, 7) is 5.70. The number of carboxylic acid groups (broad SMARTS) is 1. The number of carboxylic acids is 1. The van der Waals surface area contributed by atoms with Gasteiger partial charge in [0.15, 0.2) is 0 Å². The Morgan fingerprint density at radius 2 is 1.13 bits per heavy atom. The highest BCUT2D eigenvalue weighted by atomic mass is 16.4. The lowest BCUT2D eigenvalue weighted by atomic mass is 9.97. The van der Waals surface area contributed by atoms with E-state index in [1.165, 1.54) is 0 Å². The molecule has 0 bridgehead atoms. The Kier molecular flexibility index (Phi) is 20.0. The molecule has 0 radical (unpaired) electrons. The molecule has 264 valence electrons. The predicted octanol–water partition coefficient (Wildman–Crippen LogP) is -4.10. The van der Waals surface area contributed by atoms with Crippen LogP contribution in [0.3, 0.4) is 0 Å². The summed E-state index contributed by atoms with van der Waals surface area (Å²) in [6.07, 6.45) is 1.05. The molecule has 46 heavy (non-hydrogen) atoms. The molecule has 18 heteroatoms. The van der Waals surface area contributed by atoms with Crippen LogP contribution in [0, 0.1) is 11.8 Å². The molecule has 0 heterocycles. The van der Waals surface area contributed by atoms with Crippen molar-refractivity contribution in [2.45, 2.75) is 102 Å². The van der Waals surface area contributed by atoms with E-state index < -0.39 is 97.3 Å². The number of hydrogen-bond donors (Lipinski definition) is 11. The molecule has 14 N–H and O–H groups in total. The van der Waals surface area contributed by atoms with Crippen molar-refractivity contribution in [1.29, 1.82) is 0 Å². The van der Waals surface area contributed by atoms with E-state index in [0.717, 1.165) is 0 Å². The van der Waals surface area contributed by atoms with Crippen LogP contribution in [0.5, 0.6) is 0 Å². The molecule has 0 fully saturated rings. The molecule has 7 atom stereocenters. The lowest BCUT2D eigenvalue weighted by Gasteiger charge is -2.27. The van der Waals surface area contributed by atoms with Gasteiger partial charge in [0.05, 0.1) is 25.7 Å². The average molecular weight is 661 g/mol. The van der Waals surface area contributed by atoms with Crippen LogP contribution in [-0.2, 0) is 33.6 Å². The summed E-state index contributed by atoms with van der Waals surface area (Å²) < 4.78 is 0. The number of amides is 6. The lowest BCUT2D eigenvalue weighted by Crippen LogP contribution is -2.60. The van der Waals surface area contributed by atoms with Crippen molar-refractivity contribution in [3.05, 3.63) is 0 Å². The minimum Gasteiger partial charge on any atom is -0.480 e. The third-order valence-electron chi connectivity index (χ3n) is 7.13. The molecule has 0 aromatic heterocycles. The Morgan fingerprint density at radius 1 is 0.674 bits per heavy atom. The molecule has 18 nitrogen and oxygen atoms in total. The second-order valence-electron chi connectivity index (χ2n) is 11.5. The second-order valence-corrected chi connectivity index (χ2v) is 11.5. The smallest absolute Gasteiger partial charge is 0.328 e. The van der Waals surface area contributed by atoms with Crippen LogP contribution in [0.15, 0.2) is 0 Å². The van der Waals surface area contributed by atoms with Gasteiger partial charge in [-0.3, -0.25) is 28.8 Å². The fourth-order valence-corrected chi connectivity index (χ4v) is 4.12. The van der Waals surface area contributed by atoms with Crippen molar-refractivity contribution in [1.82, 2.24) is 26.6 Å². The number of aliphatic hydroxyl groups excluding tert-OH is 2. The molecule has 0 saturated carbocycles. The zero-order valence-corrected chi connectivity index (χ0v) is 26.9. The van der Waals surface area contributed by atoms with Gasteiger partial charge < -0.3 is 59.1 Å². The van der Waals surface area contributed by atoms with Crippen molar-refractivity contribution in [2.24, 2.45) is 29.0 Å². The van der Waals surface area contributed by atoms with Gasteiger partial charge >= 0.3 is 5.97 Å². The lowest BCUT2D eigenvalue weighted by molar-refractivity contribution is -0.143. The molecule has 0 saturated heterocycles. The number of nitrogens with two attached hydrogens (primary N) is 3. The van der Waals surface area contributed by atoms with Gasteiger partial charge in [0, 0.05) is 0 Å². The van der Waals surface area contributed by atoms with E-state index >= 15 is 0 Å². The zero-order valence-electron chi connectivity index (χ0n) is 26.9. The molecule has 0 aliphatic carbocycles. The van der Waals surface area contributed by atoms with Gasteiger partial charge in [-0.2, -0.15) is 0 Å². The minimum atomic E-state index is -1.75. The van der Waals surface area contributed by atoms with Gasteiger partial charge in [0.1, 0.15) is 30.2 Å². The normalized spacial score (nSPS) is 15.7. The summed E-state index contributed by atoms with van der Waals surface area (Å²) in [4.78, 5) is 87.6. The fourth-order valence-electron chi connectivity index (χ4n) is 4.12. The number of carbonyl (C=O) groups is 7. The summed E-state index contributed by atoms with van der Waals surface area (Å²) in [5.74, 6) is -7.21. The molecule has 0 unspecified atom stereocenters. The summed E-state index contributed by atoms with van der Waals surface area (Å²) >= 11 is 0. The van der Waals surface area contributed by atoms with Crippen molar-refractivity contribution in [3.8, 4) is 0 Å². The second kappa shape index (κ2) is 21.8. The highest BCUT2D eigenvalue weighted by Crippen LogP contribution is 2.10. The standard InChI is InChI=1S/C28H52N8O10/c1-5-15(4)22(31)27(44)34-17(10-14(2)3)24(41)32-16(8-6-7-9-29)23(40)35-19(12-37)26(43)33-18(11-21(30)39)25(42)36-20(13-38)28(45)46/h14-20,22,37-38H,5-13,29,31H2,1-4H3,(H2,30,39)(H,32,41)(H,33,43)(H,34,44)(H,35,40)(H,36,42)(H,45,46)/t15-,16-,17-,18-,19-,20-,22-/m0/s1. The largest absolute Gasteiger partial charge is 0.480 e. The third-order valence-corrected chi connectivity index (χ3v) is 7.13. The van der Waals surface area contributed by atoms with Crippen LogP contribution in [-0.4, -0.2) is 113 Å². The summed E-state index contributed by atoms with van der Waals surface area (Å²) in [5, 5.41) is 39.7. The van der Waals surface area contributed by atoms with Crippen LogP contribution < -0.4 is 43.8 Å². The van der Waals surface area contributed by atoms with E-state index in [0.29, 0.717) is 25.8 Å². The average Bonchev–Trinajstić information content (AvgIpc) is 2.99. The van der Waals surface area contributed by atoms with E-state index in [-0.39, 0.29) is 24.7 Å². The molecule has 0 aromatic carbocycles. The van der Waals surface area contributed by atoms with Crippen LogP contribution in [0.1, 0.15) is 66.2 Å². The topological polar surface area (TPSA) is 318 Å². The molecule has 6 amide bonds. The van der Waals surface area contributed by atoms with Gasteiger partial charge in [0.25, 0.3) is 0 Å². The molecule has 0 rings (SSSR count). The van der Waals surface area contributed by atoms with E-state index in [1.54, 1.807) is 6.92 Å². The summed E-state index contributed by atoms with van der Waals surface area (Å²) in [7, 11) is 0. The van der Waals surface area contributed by atoms with Gasteiger partial charge in [-0.1, -0.05) is 34.1 Å². The molecule has 0 aliphatic heterocycles. The van der Waals surface area contributed by atoms with Crippen LogP contribution in [0.2, 0.25) is 0 Å². The Morgan fingerprint density at radius 3 is 1.61 bits per heavy atom. The Hall–Kier alpha value is -3.87. The zero-order chi connectivity index (χ0) is 35.6. The van der Waals surface area contributed by atoms with Crippen LogP contribution in [0.25, 0.3) is 0 Å². The Balaban J connectivity index is 5.91. The number of aliphatic hydroxyl groups is 2. The van der Waals surface area contributed by atoms with Crippen molar-refractivity contribution in [3.63, 3.8) is 0 Å². The highest BCUT2D eigenvalue weighted by Gasteiger charge is 2.33. The first-order chi connectivity index (χ1) is 21.5. The number of unbranched alkanes of at least 4 members (excludes halogenated alkanes) is 1. The van der Waals surface area contributed by atoms with Gasteiger partial charge in [0.2, 0.25) is 35.4 Å². The third kappa shape index (κ3) is 15.4. The first kappa shape index (κ1) is 42.1. The number of hydrogen-bond acceptors (Lipinski definition) is 11. The number of nitrogens with one attached hydrogen (secondary N) is 5. The van der Waals surface area contributed by atoms with Gasteiger partial charge in [-0.15, -0.1) is 0 Å². The monoisotopic (exact) mass is 660 g/mol. The molecular formula is C28H52N8O10. The van der Waals surface area contributed by atoms with E-state index in [2.05, 4.69) is 21.3 Å². The molecule has 0 aliphatic rings. The maximum Gasteiger partial charge on any atom is 0.328 e. The van der Waals surface area contributed by atoms with E-state index in [9.17, 15) is 38.7 Å². The molecular weight excluding hydrogens is 608 g/mol. The van der Waals surface area contributed by atoms with Crippen LogP contribution in [0.4, 0.5) is 0 Å². The number of rotatable bonds is 23. The van der Waals surface area contributed by atoms with Crippen molar-refractivity contribution < 1.29 is 48.9 Å². The van der Waals surface area contributed by atoms with E-state index in [1.807, 2.05) is 26.1 Å². The van der Waals surface area contributed by atoms with Gasteiger partial charge in [-0.25, -0.2) is 4.79 Å². The predicted molar refractivity (Wildman–Crippen MR) is 165 cm³/mol. The maximum atomic E-state index is 13.3. The van der Waals surface area contributed by atoms with Crippen molar-refractivity contribution >= 4 is 41.4 Å². The SMILES string of the molecule is CC[C@H](C)[C@H](N)C(=O)N[C@@H](CC(C)C)C(=O)N[C@@H](CCCCN)C(=O)N[C@@H](CO)C(=O)N[C@@H](CC(N)=O)C(=O)N[C@@H](CO)C(=O)O.